The lowest BCUT2D eigenvalue weighted by atomic mass is 9.85. The zero-order chi connectivity index (χ0) is 21.1. The van der Waals surface area contributed by atoms with Crippen molar-refractivity contribution in [1.82, 2.24) is 9.21 Å². The molecule has 1 aromatic rings. The molecule has 1 saturated carbocycles. The average Bonchev–Trinajstić information content (AvgIpc) is 3.50. The molecule has 1 amide bonds. The zero-order valence-corrected chi connectivity index (χ0v) is 18.5. The van der Waals surface area contributed by atoms with Gasteiger partial charge in [0.1, 0.15) is 6.26 Å². The summed E-state index contributed by atoms with van der Waals surface area (Å²) >= 11 is 4.94. The van der Waals surface area contributed by atoms with Gasteiger partial charge < -0.3 is 14.6 Å². The van der Waals surface area contributed by atoms with Gasteiger partial charge in [0, 0.05) is 28.3 Å². The molecule has 0 radical (unpaired) electrons. The molecule has 160 valence electrons. The van der Waals surface area contributed by atoms with Crippen LogP contribution in [0.3, 0.4) is 0 Å². The van der Waals surface area contributed by atoms with Gasteiger partial charge in [0.25, 0.3) is 0 Å². The van der Waals surface area contributed by atoms with Gasteiger partial charge in [-0.25, -0.2) is 0 Å². The summed E-state index contributed by atoms with van der Waals surface area (Å²) in [5.74, 6) is -1.56. The van der Waals surface area contributed by atoms with Crippen LogP contribution in [-0.2, 0) is 21.0 Å². The van der Waals surface area contributed by atoms with Crippen molar-refractivity contribution in [3.05, 3.63) is 34.9 Å². The van der Waals surface area contributed by atoms with Gasteiger partial charge in [0.05, 0.1) is 25.0 Å². The number of carbonyl (C=O) groups is 2. The Balaban J connectivity index is 1.89. The minimum absolute atomic E-state index is 0.108. The minimum Gasteiger partial charge on any atom is -0.598 e. The van der Waals surface area contributed by atoms with Gasteiger partial charge >= 0.3 is 5.97 Å². The molecule has 1 aliphatic heterocycles. The fourth-order valence-electron chi connectivity index (χ4n) is 4.28. The number of halogens is 1. The van der Waals surface area contributed by atoms with Gasteiger partial charge in [-0.15, -0.1) is 4.31 Å². The van der Waals surface area contributed by atoms with Gasteiger partial charge in [-0.3, -0.25) is 9.59 Å². The van der Waals surface area contributed by atoms with Crippen molar-refractivity contribution < 1.29 is 19.2 Å². The van der Waals surface area contributed by atoms with E-state index in [0.717, 1.165) is 24.8 Å². The predicted octanol–water partition coefficient (Wildman–Crippen LogP) is 3.63. The molecule has 0 spiro atoms. The molecule has 6 nitrogen and oxygen atoms in total. The lowest BCUT2D eigenvalue weighted by Gasteiger charge is -2.45. The molecule has 3 rings (SSSR count). The predicted molar refractivity (Wildman–Crippen MR) is 114 cm³/mol. The van der Waals surface area contributed by atoms with E-state index in [1.807, 2.05) is 40.4 Å². The molecule has 1 saturated heterocycles. The Morgan fingerprint density at radius 1 is 1.31 bits per heavy atom. The second-order valence-corrected chi connectivity index (χ2v) is 9.75. The Hall–Kier alpha value is -1.28. The number of likely N-dealkylation sites (tertiary alicyclic amines) is 1. The first kappa shape index (κ1) is 22.4. The van der Waals surface area contributed by atoms with Crippen LogP contribution in [0.15, 0.2) is 24.3 Å². The fraction of sp³-hybridized carbons (Fsp3) is 0.619. The number of piperidine rings is 1. The summed E-state index contributed by atoms with van der Waals surface area (Å²) < 4.78 is 14.3. The largest absolute Gasteiger partial charge is 0.598 e. The van der Waals surface area contributed by atoms with E-state index in [1.54, 1.807) is 6.26 Å². The molecule has 2 fully saturated rings. The number of rotatable bonds is 9. The van der Waals surface area contributed by atoms with Crippen molar-refractivity contribution in [2.75, 3.05) is 12.8 Å². The lowest BCUT2D eigenvalue weighted by Crippen LogP contribution is -2.53. The number of nitrogens with zero attached hydrogens (tertiary/aromatic N) is 2. The van der Waals surface area contributed by atoms with Crippen molar-refractivity contribution in [2.24, 2.45) is 5.92 Å². The van der Waals surface area contributed by atoms with Gasteiger partial charge in [0.2, 0.25) is 5.91 Å². The summed E-state index contributed by atoms with van der Waals surface area (Å²) in [6.45, 7) is 2.57. The Labute approximate surface area is 180 Å². The maximum Gasteiger partial charge on any atom is 0.304 e. The molecule has 0 aromatic heterocycles. The van der Waals surface area contributed by atoms with Crippen LogP contribution in [0.4, 0.5) is 0 Å². The highest BCUT2D eigenvalue weighted by atomic mass is 35.5. The molecular weight excluding hydrogens is 412 g/mol. The number of carbonyl (C=O) groups excluding carboxylic acids is 1. The third-order valence-electron chi connectivity index (χ3n) is 5.94. The number of carboxylic acid groups (broad SMARTS) is 1. The summed E-state index contributed by atoms with van der Waals surface area (Å²) in [4.78, 5) is 26.5. The number of hydrogen-bond acceptors (Lipinski definition) is 4. The maximum absolute atomic E-state index is 13.4. The molecule has 1 aromatic carbocycles. The lowest BCUT2D eigenvalue weighted by molar-refractivity contribution is -0.151. The van der Waals surface area contributed by atoms with Crippen LogP contribution in [0.5, 0.6) is 0 Å². The molecule has 4 atom stereocenters. The van der Waals surface area contributed by atoms with Gasteiger partial charge in [-0.05, 0) is 49.8 Å². The summed E-state index contributed by atoms with van der Waals surface area (Å²) in [6.07, 6.45) is 5.59. The first-order valence-electron chi connectivity index (χ1n) is 10.2. The van der Waals surface area contributed by atoms with Crippen molar-refractivity contribution in [1.29, 1.82) is 0 Å². The Morgan fingerprint density at radius 2 is 1.97 bits per heavy atom. The highest BCUT2D eigenvalue weighted by molar-refractivity contribution is 7.88. The quantitative estimate of drug-likeness (QED) is 0.593. The van der Waals surface area contributed by atoms with Crippen LogP contribution in [0, 0.1) is 5.92 Å². The van der Waals surface area contributed by atoms with Crippen LogP contribution in [0.25, 0.3) is 0 Å². The molecule has 2 aliphatic rings. The number of carboxylic acids is 1. The number of hydrogen-bond donors (Lipinski definition) is 1. The smallest absolute Gasteiger partial charge is 0.304 e. The topological polar surface area (TPSA) is 83.9 Å². The average molecular weight is 441 g/mol. The summed E-state index contributed by atoms with van der Waals surface area (Å²) in [5.41, 5.74) is 1.01. The van der Waals surface area contributed by atoms with E-state index in [4.69, 9.17) is 11.6 Å². The van der Waals surface area contributed by atoms with E-state index in [-0.39, 0.29) is 24.4 Å². The van der Waals surface area contributed by atoms with Crippen LogP contribution in [0.2, 0.25) is 5.02 Å². The Morgan fingerprint density at radius 3 is 2.48 bits per heavy atom. The Kier molecular flexibility index (Phi) is 7.48. The fourth-order valence-corrected chi connectivity index (χ4v) is 5.42. The van der Waals surface area contributed by atoms with Crippen LogP contribution in [-0.4, -0.2) is 55.6 Å². The molecule has 1 heterocycles. The van der Waals surface area contributed by atoms with E-state index in [9.17, 15) is 19.2 Å². The molecular formula is C21H29ClN2O4S. The third-order valence-corrected chi connectivity index (χ3v) is 7.30. The van der Waals surface area contributed by atoms with E-state index in [1.165, 1.54) is 0 Å². The van der Waals surface area contributed by atoms with Gasteiger partial charge in [-0.1, -0.05) is 30.7 Å². The summed E-state index contributed by atoms with van der Waals surface area (Å²) in [5, 5.41) is 9.88. The van der Waals surface area contributed by atoms with Crippen LogP contribution >= 0.6 is 11.6 Å². The zero-order valence-electron chi connectivity index (χ0n) is 16.9. The molecule has 0 bridgehead atoms. The molecule has 1 N–H and O–H groups in total. The SMILES string of the molecule is CCC(CN(C1CC1)[S+](C)[O-])N1C(=O)C(CC(=O)O)CCC1c1ccc(Cl)cc1. The Bertz CT molecular complexity index is 724. The van der Waals surface area contributed by atoms with Crippen molar-refractivity contribution in [3.8, 4) is 0 Å². The second-order valence-electron chi connectivity index (χ2n) is 8.00. The minimum atomic E-state index is -1.10. The molecule has 1 aliphatic carbocycles. The van der Waals surface area contributed by atoms with Crippen molar-refractivity contribution in [2.45, 2.75) is 63.6 Å². The van der Waals surface area contributed by atoms with Crippen LogP contribution < -0.4 is 0 Å². The molecule has 8 heteroatoms. The van der Waals surface area contributed by atoms with Gasteiger partial charge in [0.15, 0.2) is 0 Å². The normalized spacial score (nSPS) is 24.6. The van der Waals surface area contributed by atoms with Gasteiger partial charge in [-0.2, -0.15) is 0 Å². The standard InChI is InChI=1S/C21H29ClN2O4S/c1-3-17(13-23(29(2)28)18-9-10-18)24-19(14-4-7-16(22)8-5-14)11-6-15(21(24)27)12-20(25)26/h4-5,7-8,15,17-19H,3,6,9-13H2,1-2H3,(H,25,26). The van der Waals surface area contributed by atoms with E-state index in [2.05, 4.69) is 0 Å². The van der Waals surface area contributed by atoms with Crippen molar-refractivity contribution in [3.63, 3.8) is 0 Å². The number of amides is 1. The summed E-state index contributed by atoms with van der Waals surface area (Å²) in [7, 11) is 0. The highest BCUT2D eigenvalue weighted by Crippen LogP contribution is 2.39. The first-order chi connectivity index (χ1) is 13.8. The third kappa shape index (κ3) is 5.45. The number of benzene rings is 1. The van der Waals surface area contributed by atoms with E-state index in [0.29, 0.717) is 30.5 Å². The van der Waals surface area contributed by atoms with Crippen molar-refractivity contribution >= 4 is 34.8 Å². The maximum atomic E-state index is 13.4. The first-order valence-corrected chi connectivity index (χ1v) is 12.1. The highest BCUT2D eigenvalue weighted by Gasteiger charge is 2.43. The van der Waals surface area contributed by atoms with Crippen LogP contribution in [0.1, 0.15) is 57.1 Å². The second kappa shape index (κ2) is 9.69. The molecule has 29 heavy (non-hydrogen) atoms. The molecule has 4 unspecified atom stereocenters. The van der Waals surface area contributed by atoms with E-state index < -0.39 is 23.2 Å². The monoisotopic (exact) mass is 440 g/mol. The number of aliphatic carboxylic acids is 1. The van der Waals surface area contributed by atoms with E-state index >= 15 is 0 Å². The summed E-state index contributed by atoms with van der Waals surface area (Å²) in [6, 6.07) is 7.59.